The standard InChI is InChI=1S/C8H7NO2S/c1-6-4-2-3-5-7(6)8(10)9-12-11/h2-5H,1H3. The van der Waals surface area contributed by atoms with Gasteiger partial charge in [-0.05, 0) is 18.6 Å². The summed E-state index contributed by atoms with van der Waals surface area (Å²) in [5, 5.41) is 0. The molecule has 0 saturated heterocycles. The molecular weight excluding hydrogens is 174 g/mol. The molecule has 0 atom stereocenters. The Bertz CT molecular complexity index is 356. The number of aryl methyl sites for hydroxylation is 1. The Morgan fingerprint density at radius 3 is 2.67 bits per heavy atom. The van der Waals surface area contributed by atoms with Gasteiger partial charge in [0.15, 0.2) is 0 Å². The van der Waals surface area contributed by atoms with Gasteiger partial charge in [0.2, 0.25) is 11.5 Å². The maximum Gasteiger partial charge on any atom is 0.290 e. The third-order valence-corrected chi connectivity index (χ3v) is 1.74. The highest BCUT2D eigenvalue weighted by molar-refractivity contribution is 7.55. The number of carbonyl (C=O) groups excluding carboxylic acids is 1. The van der Waals surface area contributed by atoms with E-state index in [0.29, 0.717) is 5.56 Å². The average molecular weight is 181 g/mol. The van der Waals surface area contributed by atoms with Crippen LogP contribution in [0.25, 0.3) is 0 Å². The van der Waals surface area contributed by atoms with Gasteiger partial charge in [0, 0.05) is 5.56 Å². The topological polar surface area (TPSA) is 46.5 Å². The van der Waals surface area contributed by atoms with Crippen LogP contribution in [0, 0.1) is 6.92 Å². The average Bonchev–Trinajstić information content (AvgIpc) is 2.05. The molecule has 0 heterocycles. The van der Waals surface area contributed by atoms with Crippen molar-refractivity contribution in [3.63, 3.8) is 0 Å². The number of hydrogen-bond acceptors (Lipinski definition) is 2. The minimum atomic E-state index is -0.465. The first-order chi connectivity index (χ1) is 5.75. The van der Waals surface area contributed by atoms with Crippen molar-refractivity contribution in [1.82, 2.24) is 0 Å². The number of amides is 1. The minimum absolute atomic E-state index is 0.0613. The van der Waals surface area contributed by atoms with Crippen LogP contribution in [0.15, 0.2) is 28.6 Å². The Labute approximate surface area is 73.7 Å². The Morgan fingerprint density at radius 1 is 1.42 bits per heavy atom. The van der Waals surface area contributed by atoms with E-state index in [2.05, 4.69) is 4.36 Å². The molecule has 1 aromatic rings. The smallest absolute Gasteiger partial charge is 0.266 e. The van der Waals surface area contributed by atoms with Crippen LogP contribution in [-0.2, 0) is 11.5 Å². The van der Waals surface area contributed by atoms with Crippen molar-refractivity contribution in [2.45, 2.75) is 6.92 Å². The summed E-state index contributed by atoms with van der Waals surface area (Å²) in [6, 6.07) is 7.03. The number of carbonyl (C=O) groups is 1. The first kappa shape index (κ1) is 8.80. The van der Waals surface area contributed by atoms with Crippen molar-refractivity contribution in [2.24, 2.45) is 4.36 Å². The summed E-state index contributed by atoms with van der Waals surface area (Å²) in [6.07, 6.45) is 0. The Balaban J connectivity index is 3.11. The molecule has 0 aliphatic carbocycles. The number of benzene rings is 1. The summed E-state index contributed by atoms with van der Waals surface area (Å²) in [5.74, 6) is -0.465. The van der Waals surface area contributed by atoms with Crippen molar-refractivity contribution in [3.8, 4) is 0 Å². The molecule has 0 aliphatic heterocycles. The SMILES string of the molecule is Cc1ccccc1C(=O)N=S=O. The highest BCUT2D eigenvalue weighted by atomic mass is 32.1. The predicted octanol–water partition coefficient (Wildman–Crippen LogP) is 1.53. The lowest BCUT2D eigenvalue weighted by molar-refractivity contribution is 0.100. The quantitative estimate of drug-likeness (QED) is 0.659. The molecule has 0 bridgehead atoms. The fraction of sp³-hybridized carbons (Fsp3) is 0.125. The van der Waals surface area contributed by atoms with E-state index in [1.807, 2.05) is 6.07 Å². The van der Waals surface area contributed by atoms with Crippen LogP contribution in [0.3, 0.4) is 0 Å². The maximum absolute atomic E-state index is 11.1. The number of nitrogens with zero attached hydrogens (tertiary/aromatic N) is 1. The summed E-state index contributed by atoms with van der Waals surface area (Å²) < 4.78 is 13.1. The van der Waals surface area contributed by atoms with E-state index in [1.165, 1.54) is 0 Å². The lowest BCUT2D eigenvalue weighted by atomic mass is 10.1. The summed E-state index contributed by atoms with van der Waals surface area (Å²) in [7, 11) is 0. The summed E-state index contributed by atoms with van der Waals surface area (Å²) in [4.78, 5) is 11.1. The van der Waals surface area contributed by atoms with Crippen LogP contribution in [0.1, 0.15) is 15.9 Å². The van der Waals surface area contributed by atoms with E-state index in [4.69, 9.17) is 0 Å². The molecule has 12 heavy (non-hydrogen) atoms. The second-order valence-electron chi connectivity index (χ2n) is 2.29. The van der Waals surface area contributed by atoms with Gasteiger partial charge in [0.25, 0.3) is 5.91 Å². The van der Waals surface area contributed by atoms with Crippen LogP contribution in [0.5, 0.6) is 0 Å². The molecule has 0 N–H and O–H groups in total. The third-order valence-electron chi connectivity index (χ3n) is 1.50. The van der Waals surface area contributed by atoms with E-state index in [9.17, 15) is 9.00 Å². The molecule has 1 rings (SSSR count). The van der Waals surface area contributed by atoms with Crippen LogP contribution in [-0.4, -0.2) is 10.1 Å². The Hall–Kier alpha value is -1.29. The highest BCUT2D eigenvalue weighted by Gasteiger charge is 2.05. The van der Waals surface area contributed by atoms with Crippen LogP contribution < -0.4 is 0 Å². The zero-order chi connectivity index (χ0) is 8.97. The molecule has 0 fully saturated rings. The van der Waals surface area contributed by atoms with E-state index in [-0.39, 0.29) is 11.5 Å². The first-order valence-corrected chi connectivity index (χ1v) is 4.05. The largest absolute Gasteiger partial charge is 0.290 e. The molecule has 1 aromatic carbocycles. The van der Waals surface area contributed by atoms with Crippen molar-refractivity contribution >= 4 is 17.4 Å². The number of hydrogen-bond donors (Lipinski definition) is 0. The normalized spacial score (nSPS) is 9.08. The summed E-state index contributed by atoms with van der Waals surface area (Å²) in [5.41, 5.74) is 1.32. The molecule has 0 aromatic heterocycles. The van der Waals surface area contributed by atoms with Gasteiger partial charge >= 0.3 is 0 Å². The Kier molecular flexibility index (Phi) is 2.88. The zero-order valence-corrected chi connectivity index (χ0v) is 7.30. The van der Waals surface area contributed by atoms with E-state index in [1.54, 1.807) is 25.1 Å². The van der Waals surface area contributed by atoms with Gasteiger partial charge in [-0.3, -0.25) is 4.79 Å². The van der Waals surface area contributed by atoms with Crippen molar-refractivity contribution in [1.29, 1.82) is 0 Å². The van der Waals surface area contributed by atoms with Gasteiger partial charge in [-0.15, -0.1) is 4.36 Å². The monoisotopic (exact) mass is 181 g/mol. The zero-order valence-electron chi connectivity index (χ0n) is 6.48. The summed E-state index contributed by atoms with van der Waals surface area (Å²) in [6.45, 7) is 1.80. The van der Waals surface area contributed by atoms with Crippen molar-refractivity contribution < 1.29 is 9.00 Å². The molecule has 0 spiro atoms. The molecular formula is C8H7NO2S. The van der Waals surface area contributed by atoms with Gasteiger partial charge in [-0.1, -0.05) is 18.2 Å². The number of rotatable bonds is 1. The van der Waals surface area contributed by atoms with Crippen molar-refractivity contribution in [2.75, 3.05) is 0 Å². The van der Waals surface area contributed by atoms with E-state index >= 15 is 0 Å². The Morgan fingerprint density at radius 2 is 2.08 bits per heavy atom. The lowest BCUT2D eigenvalue weighted by Crippen LogP contribution is -1.96. The molecule has 0 saturated carbocycles. The van der Waals surface area contributed by atoms with Crippen LogP contribution in [0.2, 0.25) is 0 Å². The highest BCUT2D eigenvalue weighted by Crippen LogP contribution is 2.07. The molecule has 0 aliphatic rings. The van der Waals surface area contributed by atoms with E-state index in [0.717, 1.165) is 5.56 Å². The molecule has 62 valence electrons. The lowest BCUT2D eigenvalue weighted by Gasteiger charge is -1.96. The minimum Gasteiger partial charge on any atom is -0.266 e. The van der Waals surface area contributed by atoms with Gasteiger partial charge < -0.3 is 0 Å². The fourth-order valence-corrected chi connectivity index (χ4v) is 1.06. The van der Waals surface area contributed by atoms with Crippen molar-refractivity contribution in [3.05, 3.63) is 35.4 Å². The molecule has 1 amide bonds. The van der Waals surface area contributed by atoms with Gasteiger partial charge in [0.1, 0.15) is 0 Å². The summed E-state index contributed by atoms with van der Waals surface area (Å²) >= 11 is -0.0613. The first-order valence-electron chi connectivity index (χ1n) is 3.35. The fourth-order valence-electron chi connectivity index (χ4n) is 0.896. The van der Waals surface area contributed by atoms with Crippen LogP contribution >= 0.6 is 0 Å². The van der Waals surface area contributed by atoms with Crippen LogP contribution in [0.4, 0.5) is 0 Å². The third kappa shape index (κ3) is 1.85. The van der Waals surface area contributed by atoms with Gasteiger partial charge in [-0.2, -0.15) is 4.21 Å². The maximum atomic E-state index is 11.1. The molecule has 3 nitrogen and oxygen atoms in total. The van der Waals surface area contributed by atoms with Gasteiger partial charge in [-0.25, -0.2) is 0 Å². The second kappa shape index (κ2) is 3.92. The second-order valence-corrected chi connectivity index (χ2v) is 2.62. The molecule has 0 radical (unpaired) electrons. The predicted molar refractivity (Wildman–Crippen MR) is 46.1 cm³/mol. The molecule has 0 unspecified atom stereocenters. The van der Waals surface area contributed by atoms with E-state index < -0.39 is 5.91 Å². The van der Waals surface area contributed by atoms with Gasteiger partial charge in [0.05, 0.1) is 0 Å². The molecule has 4 heteroatoms.